The number of rotatable bonds is 8. The van der Waals surface area contributed by atoms with Crippen molar-refractivity contribution >= 4 is 22.2 Å². The molecule has 2 aromatic heterocycles. The third-order valence-corrected chi connectivity index (χ3v) is 9.26. The van der Waals surface area contributed by atoms with Crippen LogP contribution in [0.25, 0.3) is 44.4 Å². The normalized spacial score (nSPS) is 13.1. The van der Waals surface area contributed by atoms with E-state index in [4.69, 9.17) is 18.8 Å². The Hall–Kier alpha value is -5.18. The molecule has 1 aliphatic heterocycles. The van der Waals surface area contributed by atoms with Crippen molar-refractivity contribution < 1.29 is 29.9 Å². The van der Waals surface area contributed by atoms with Crippen LogP contribution in [0.3, 0.4) is 0 Å². The van der Waals surface area contributed by atoms with Crippen LogP contribution in [0.2, 0.25) is 0 Å². The molecule has 0 unspecified atom stereocenters. The van der Waals surface area contributed by atoms with Crippen LogP contribution in [0, 0.1) is 19.0 Å². The van der Waals surface area contributed by atoms with E-state index in [1.165, 1.54) is 22.9 Å². The van der Waals surface area contributed by atoms with Gasteiger partial charge in [-0.25, -0.2) is 4.99 Å². The molecule has 0 aliphatic carbocycles. The zero-order chi connectivity index (χ0) is 36.9. The molecule has 252 valence electrons. The predicted octanol–water partition coefficient (Wildman–Crippen LogP) is 12.1. The second kappa shape index (κ2) is 14.2. The number of hydrogen-bond acceptors (Lipinski definition) is 4. The topological polar surface area (TPSA) is 47.4 Å². The van der Waals surface area contributed by atoms with Crippen molar-refractivity contribution in [3.05, 3.63) is 162 Å². The molecule has 5 aromatic carbocycles. The largest absolute Gasteiger partial charge is 2.00 e. The van der Waals surface area contributed by atoms with Gasteiger partial charge in [-0.15, -0.1) is 47.5 Å². The van der Waals surface area contributed by atoms with Crippen LogP contribution in [0.5, 0.6) is 11.5 Å². The number of nitrogens with zero attached hydrogens (tertiary/aromatic N) is 3. The van der Waals surface area contributed by atoms with E-state index in [9.17, 15) is 0 Å². The molecule has 0 radical (unpaired) electrons. The third kappa shape index (κ3) is 6.57. The molecule has 0 atom stereocenters. The van der Waals surface area contributed by atoms with E-state index in [1.54, 1.807) is 6.07 Å². The Kier molecular flexibility index (Phi) is 8.53. The first kappa shape index (κ1) is 30.6. The van der Waals surface area contributed by atoms with Crippen molar-refractivity contribution in [2.24, 2.45) is 4.99 Å². The zero-order valence-corrected chi connectivity index (χ0v) is 31.0. The van der Waals surface area contributed by atoms with E-state index in [-0.39, 0.29) is 26.6 Å². The molecule has 3 heterocycles. The summed E-state index contributed by atoms with van der Waals surface area (Å²) in [6.45, 7) is 6.55. The summed E-state index contributed by atoms with van der Waals surface area (Å²) in [7, 11) is 0. The minimum atomic E-state index is -2.38. The van der Waals surface area contributed by atoms with Crippen molar-refractivity contribution in [3.63, 3.8) is 0 Å². The summed E-state index contributed by atoms with van der Waals surface area (Å²) in [5.74, 6) is 1.75. The number of ether oxygens (including phenoxy) is 1. The first-order chi connectivity index (χ1) is 25.5. The Labute approximate surface area is 318 Å². The van der Waals surface area contributed by atoms with Gasteiger partial charge in [-0.3, -0.25) is 0 Å². The van der Waals surface area contributed by atoms with Gasteiger partial charge in [0.2, 0.25) is 0 Å². The van der Waals surface area contributed by atoms with Crippen LogP contribution < -0.4 is 4.74 Å². The van der Waals surface area contributed by atoms with Crippen molar-refractivity contribution in [2.45, 2.75) is 46.4 Å². The molecule has 0 saturated heterocycles. The molecule has 5 heteroatoms. The van der Waals surface area contributed by atoms with Crippen LogP contribution in [-0.2, 0) is 21.1 Å². The molecular weight excluding hydrogens is 806 g/mol. The Balaban J connectivity index is 0.00000450. The maximum absolute atomic E-state index is 8.31. The summed E-state index contributed by atoms with van der Waals surface area (Å²) >= 11 is 0. The standard InChI is InChI=1S/C46H37N3O.Pt/c1-28(2)37-17-10-18-38(29(3)4)44(37)34-21-22-47-42(25-34)32-13-6-15-35(23-32)50-36-16-7-14-33(24-36)43-26-40(30(5)27-48-43)46-39-19-8-11-31-12-9-20-41(49-46)45(31)39;/h6-22,25-29H,1-5H3;/q-2;+2/i5D3;. The van der Waals surface area contributed by atoms with Crippen LogP contribution in [0.15, 0.2) is 127 Å². The molecule has 0 amide bonds. The smallest absolute Gasteiger partial charge is 0.497 e. The molecule has 0 bridgehead atoms. The number of pyridine rings is 2. The molecule has 0 saturated carbocycles. The molecule has 4 nitrogen and oxygen atoms in total. The first-order valence-electron chi connectivity index (χ1n) is 18.5. The second-order valence-electron chi connectivity index (χ2n) is 13.3. The molecule has 0 N–H and O–H groups in total. The number of benzene rings is 5. The summed E-state index contributed by atoms with van der Waals surface area (Å²) in [6, 6.07) is 42.7. The minimum absolute atomic E-state index is 0. The third-order valence-electron chi connectivity index (χ3n) is 9.26. The van der Waals surface area contributed by atoms with Gasteiger partial charge in [-0.05, 0) is 81.0 Å². The van der Waals surface area contributed by atoms with E-state index in [2.05, 4.69) is 75.1 Å². The van der Waals surface area contributed by atoms with Crippen molar-refractivity contribution in [1.82, 2.24) is 9.97 Å². The van der Waals surface area contributed by atoms with Gasteiger partial charge in [0.15, 0.2) is 0 Å². The van der Waals surface area contributed by atoms with Gasteiger partial charge in [-0.2, -0.15) is 0 Å². The van der Waals surface area contributed by atoms with Crippen molar-refractivity contribution in [3.8, 4) is 45.1 Å². The summed E-state index contributed by atoms with van der Waals surface area (Å²) in [5, 5.41) is 2.07. The van der Waals surface area contributed by atoms with Gasteiger partial charge < -0.3 is 14.7 Å². The summed E-state index contributed by atoms with van der Waals surface area (Å²) in [4.78, 5) is 14.2. The van der Waals surface area contributed by atoms with Gasteiger partial charge in [0, 0.05) is 39.0 Å². The fraction of sp³-hybridized carbons (Fsp3) is 0.152. The quantitative estimate of drug-likeness (QED) is 0.143. The fourth-order valence-corrected chi connectivity index (χ4v) is 6.85. The molecule has 1 aliphatic rings. The molecular formula is C46H37N3OPt. The van der Waals surface area contributed by atoms with E-state index in [1.807, 2.05) is 79.0 Å². The maximum atomic E-state index is 8.31. The van der Waals surface area contributed by atoms with E-state index < -0.39 is 6.85 Å². The summed E-state index contributed by atoms with van der Waals surface area (Å²) < 4.78 is 31.3. The van der Waals surface area contributed by atoms with Gasteiger partial charge in [-0.1, -0.05) is 100 Å². The molecule has 0 spiro atoms. The monoisotopic (exact) mass is 845 g/mol. The number of aliphatic imine (C=N–C) groups is 1. The minimum Gasteiger partial charge on any atom is -0.497 e. The van der Waals surface area contributed by atoms with Crippen molar-refractivity contribution in [2.75, 3.05) is 0 Å². The number of aromatic nitrogens is 2. The number of aryl methyl sites for hydroxylation is 1. The molecule has 7 aromatic rings. The van der Waals surface area contributed by atoms with Crippen LogP contribution >= 0.6 is 0 Å². The first-order valence-corrected chi connectivity index (χ1v) is 17.0. The van der Waals surface area contributed by atoms with Crippen LogP contribution in [-0.4, -0.2) is 15.7 Å². The molecule has 0 fully saturated rings. The average Bonchev–Trinajstić information content (AvgIpc) is 3.54. The maximum Gasteiger partial charge on any atom is 2.00 e. The van der Waals surface area contributed by atoms with Gasteiger partial charge in [0.25, 0.3) is 0 Å². The average molecular weight is 846 g/mol. The fourth-order valence-electron chi connectivity index (χ4n) is 6.85. The Bertz CT molecular complexity index is 2530. The second-order valence-corrected chi connectivity index (χ2v) is 13.3. The molecule has 51 heavy (non-hydrogen) atoms. The van der Waals surface area contributed by atoms with Gasteiger partial charge >= 0.3 is 21.1 Å². The van der Waals surface area contributed by atoms with Crippen LogP contribution in [0.4, 0.5) is 5.69 Å². The Morgan fingerprint density at radius 3 is 1.96 bits per heavy atom. The zero-order valence-electron chi connectivity index (χ0n) is 31.8. The molecule has 8 rings (SSSR count). The summed E-state index contributed by atoms with van der Waals surface area (Å²) in [5.41, 5.74) is 10.9. The number of hydrogen-bond donors (Lipinski definition) is 0. The van der Waals surface area contributed by atoms with E-state index in [0.29, 0.717) is 45.9 Å². The van der Waals surface area contributed by atoms with Gasteiger partial charge in [0.05, 0.1) is 11.4 Å². The van der Waals surface area contributed by atoms with Crippen LogP contribution in [0.1, 0.15) is 71.5 Å². The van der Waals surface area contributed by atoms with Crippen molar-refractivity contribution in [1.29, 1.82) is 0 Å². The Morgan fingerprint density at radius 1 is 0.667 bits per heavy atom. The van der Waals surface area contributed by atoms with E-state index in [0.717, 1.165) is 38.8 Å². The SMILES string of the molecule is [2H]C([2H])([2H])c1cnc(-c2[c-]c(Oc3[c-]c(-c4cc(-c5c(C(C)C)cccc5C(C)C)ccn4)ccc3)ccc2)cc1C1=Nc2cccc3cccc1c23.[Pt+2]. The van der Waals surface area contributed by atoms with Gasteiger partial charge in [0.1, 0.15) is 0 Å². The summed E-state index contributed by atoms with van der Waals surface area (Å²) in [6.07, 6.45) is 3.30. The predicted molar refractivity (Wildman–Crippen MR) is 205 cm³/mol. The van der Waals surface area contributed by atoms with E-state index >= 15 is 0 Å². The Morgan fingerprint density at radius 2 is 1.29 bits per heavy atom.